The van der Waals surface area contributed by atoms with Crippen LogP contribution in [-0.4, -0.2) is 16.7 Å². The van der Waals surface area contributed by atoms with E-state index < -0.39 is 0 Å². The lowest BCUT2D eigenvalue weighted by Gasteiger charge is -2.07. The van der Waals surface area contributed by atoms with Crippen LogP contribution in [0.5, 0.6) is 5.75 Å². The molecule has 0 amide bonds. The highest BCUT2D eigenvalue weighted by Gasteiger charge is 2.10. The zero-order valence-corrected chi connectivity index (χ0v) is 13.3. The standard InChI is InChI=1S/C15H14N2O2S2/c1-17-14(18)13-12(6-7-20-13)16-15(17)21-9-10-4-3-5-11(8-10)19-2/h3-8H,9H2,1-2H3. The minimum absolute atomic E-state index is 0.0168. The lowest BCUT2D eigenvalue weighted by atomic mass is 10.2. The fourth-order valence-electron chi connectivity index (χ4n) is 2.01. The van der Waals surface area contributed by atoms with Crippen LogP contribution in [0, 0.1) is 0 Å². The third-order valence-corrected chi connectivity index (χ3v) is 5.14. The number of methoxy groups -OCH3 is 1. The van der Waals surface area contributed by atoms with Crippen molar-refractivity contribution in [2.45, 2.75) is 10.9 Å². The lowest BCUT2D eigenvalue weighted by molar-refractivity contribution is 0.414. The first kappa shape index (κ1) is 14.2. The predicted octanol–water partition coefficient (Wildman–Crippen LogP) is 3.30. The number of ether oxygens (including phenoxy) is 1. The summed E-state index contributed by atoms with van der Waals surface area (Å²) in [5, 5.41) is 2.63. The van der Waals surface area contributed by atoms with Crippen LogP contribution in [0.3, 0.4) is 0 Å². The minimum atomic E-state index is 0.0168. The van der Waals surface area contributed by atoms with Gasteiger partial charge < -0.3 is 4.74 Å². The second kappa shape index (κ2) is 5.91. The first-order valence-electron chi connectivity index (χ1n) is 6.39. The maximum atomic E-state index is 12.2. The molecule has 0 unspecified atom stereocenters. The van der Waals surface area contributed by atoms with Crippen LogP contribution in [0.25, 0.3) is 10.2 Å². The molecule has 108 valence electrons. The van der Waals surface area contributed by atoms with E-state index in [0.29, 0.717) is 4.70 Å². The maximum Gasteiger partial charge on any atom is 0.271 e. The smallest absolute Gasteiger partial charge is 0.271 e. The van der Waals surface area contributed by atoms with E-state index >= 15 is 0 Å². The molecule has 21 heavy (non-hydrogen) atoms. The summed E-state index contributed by atoms with van der Waals surface area (Å²) in [6, 6.07) is 9.80. The van der Waals surface area contributed by atoms with Gasteiger partial charge in [-0.05, 0) is 29.1 Å². The molecule has 0 saturated carbocycles. The van der Waals surface area contributed by atoms with Gasteiger partial charge >= 0.3 is 0 Å². The summed E-state index contributed by atoms with van der Waals surface area (Å²) in [6.07, 6.45) is 0. The van der Waals surface area contributed by atoms with E-state index in [-0.39, 0.29) is 5.56 Å². The van der Waals surface area contributed by atoms with Crippen molar-refractivity contribution < 1.29 is 4.74 Å². The summed E-state index contributed by atoms with van der Waals surface area (Å²) >= 11 is 2.99. The average molecular weight is 318 g/mol. The third kappa shape index (κ3) is 2.82. The number of nitrogens with zero attached hydrogens (tertiary/aromatic N) is 2. The van der Waals surface area contributed by atoms with Gasteiger partial charge in [0.25, 0.3) is 5.56 Å². The van der Waals surface area contributed by atoms with Crippen molar-refractivity contribution in [1.82, 2.24) is 9.55 Å². The maximum absolute atomic E-state index is 12.2. The topological polar surface area (TPSA) is 44.1 Å². The molecule has 2 heterocycles. The Labute approximate surface area is 130 Å². The Bertz CT molecular complexity index is 839. The molecule has 3 rings (SSSR count). The van der Waals surface area contributed by atoms with Gasteiger partial charge in [0.1, 0.15) is 10.4 Å². The number of thioether (sulfide) groups is 1. The van der Waals surface area contributed by atoms with E-state index in [1.807, 2.05) is 35.7 Å². The van der Waals surface area contributed by atoms with Gasteiger partial charge in [0.15, 0.2) is 5.16 Å². The van der Waals surface area contributed by atoms with Crippen molar-refractivity contribution >= 4 is 33.3 Å². The highest BCUT2D eigenvalue weighted by Crippen LogP contribution is 2.24. The molecule has 0 aliphatic heterocycles. The number of aromatic nitrogens is 2. The first-order chi connectivity index (χ1) is 10.2. The SMILES string of the molecule is COc1cccc(CSc2nc3ccsc3c(=O)n2C)c1. The number of thiophene rings is 1. The molecule has 0 fully saturated rings. The monoisotopic (exact) mass is 318 g/mol. The molecule has 0 saturated heterocycles. The molecule has 0 aliphatic rings. The number of hydrogen-bond donors (Lipinski definition) is 0. The van der Waals surface area contributed by atoms with E-state index in [0.717, 1.165) is 27.7 Å². The Morgan fingerprint density at radius 2 is 2.24 bits per heavy atom. The van der Waals surface area contributed by atoms with Gasteiger partial charge in [0.2, 0.25) is 0 Å². The number of hydrogen-bond acceptors (Lipinski definition) is 5. The fourth-order valence-corrected chi connectivity index (χ4v) is 3.73. The van der Waals surface area contributed by atoms with Crippen LogP contribution in [-0.2, 0) is 12.8 Å². The van der Waals surface area contributed by atoms with Crippen LogP contribution in [0.2, 0.25) is 0 Å². The molecule has 4 nitrogen and oxygen atoms in total. The third-order valence-electron chi connectivity index (χ3n) is 3.15. The highest BCUT2D eigenvalue weighted by atomic mass is 32.2. The van der Waals surface area contributed by atoms with Gasteiger partial charge in [-0.15, -0.1) is 11.3 Å². The summed E-state index contributed by atoms with van der Waals surface area (Å²) in [5.74, 6) is 1.58. The number of rotatable bonds is 4. The Morgan fingerprint density at radius 3 is 3.05 bits per heavy atom. The van der Waals surface area contributed by atoms with Crippen molar-refractivity contribution in [3.05, 3.63) is 51.6 Å². The molecule has 3 aromatic rings. The van der Waals surface area contributed by atoms with Gasteiger partial charge in [-0.25, -0.2) is 4.98 Å². The molecule has 2 aromatic heterocycles. The molecule has 0 spiro atoms. The molecule has 0 atom stereocenters. The van der Waals surface area contributed by atoms with Crippen LogP contribution in [0.1, 0.15) is 5.56 Å². The summed E-state index contributed by atoms with van der Waals surface area (Å²) in [7, 11) is 3.42. The summed E-state index contributed by atoms with van der Waals surface area (Å²) < 4.78 is 7.54. The van der Waals surface area contributed by atoms with Crippen LogP contribution in [0.4, 0.5) is 0 Å². The largest absolute Gasteiger partial charge is 0.497 e. The molecular weight excluding hydrogens is 304 g/mol. The molecule has 6 heteroatoms. The number of fused-ring (bicyclic) bond motifs is 1. The summed E-state index contributed by atoms with van der Waals surface area (Å²) in [5.41, 5.74) is 1.93. The van der Waals surface area contributed by atoms with Crippen LogP contribution < -0.4 is 10.3 Å². The predicted molar refractivity (Wildman–Crippen MR) is 87.4 cm³/mol. The van der Waals surface area contributed by atoms with Crippen molar-refractivity contribution in [1.29, 1.82) is 0 Å². The average Bonchev–Trinajstić information content (AvgIpc) is 2.98. The van der Waals surface area contributed by atoms with Gasteiger partial charge in [0, 0.05) is 12.8 Å². The van der Waals surface area contributed by atoms with Crippen molar-refractivity contribution in [3.63, 3.8) is 0 Å². The molecule has 0 bridgehead atoms. The van der Waals surface area contributed by atoms with Gasteiger partial charge in [-0.2, -0.15) is 0 Å². The summed E-state index contributed by atoms with van der Waals surface area (Å²) in [6.45, 7) is 0. The van der Waals surface area contributed by atoms with Gasteiger partial charge in [-0.3, -0.25) is 9.36 Å². The van der Waals surface area contributed by atoms with E-state index in [4.69, 9.17) is 4.74 Å². The highest BCUT2D eigenvalue weighted by molar-refractivity contribution is 7.98. The Balaban J connectivity index is 1.87. The molecule has 0 N–H and O–H groups in total. The quantitative estimate of drug-likeness (QED) is 0.547. The van der Waals surface area contributed by atoms with E-state index in [1.54, 1.807) is 30.5 Å². The van der Waals surface area contributed by atoms with Crippen LogP contribution in [0.15, 0.2) is 45.7 Å². The summed E-state index contributed by atoms with van der Waals surface area (Å²) in [4.78, 5) is 16.8. The van der Waals surface area contributed by atoms with E-state index in [9.17, 15) is 4.79 Å². The van der Waals surface area contributed by atoms with Crippen LogP contribution >= 0.6 is 23.1 Å². The molecule has 0 radical (unpaired) electrons. The Morgan fingerprint density at radius 1 is 1.38 bits per heavy atom. The van der Waals surface area contributed by atoms with E-state index in [2.05, 4.69) is 4.98 Å². The molecule has 0 aliphatic carbocycles. The Hall–Kier alpha value is -1.79. The second-order valence-corrected chi connectivity index (χ2v) is 6.39. The zero-order valence-electron chi connectivity index (χ0n) is 11.7. The first-order valence-corrected chi connectivity index (χ1v) is 8.25. The van der Waals surface area contributed by atoms with Crippen molar-refractivity contribution in [2.75, 3.05) is 7.11 Å². The second-order valence-electron chi connectivity index (χ2n) is 4.53. The Kier molecular flexibility index (Phi) is 3.98. The lowest BCUT2D eigenvalue weighted by Crippen LogP contribution is -2.18. The fraction of sp³-hybridized carbons (Fsp3) is 0.200. The normalized spacial score (nSPS) is 11.0. The van der Waals surface area contributed by atoms with Crippen molar-refractivity contribution in [3.8, 4) is 5.75 Å². The van der Waals surface area contributed by atoms with Gasteiger partial charge in [0.05, 0.1) is 12.6 Å². The molecule has 1 aromatic carbocycles. The zero-order chi connectivity index (χ0) is 14.8. The molecular formula is C15H14N2O2S2. The number of benzene rings is 1. The van der Waals surface area contributed by atoms with Crippen molar-refractivity contribution in [2.24, 2.45) is 7.05 Å². The van der Waals surface area contributed by atoms with E-state index in [1.165, 1.54) is 11.3 Å². The minimum Gasteiger partial charge on any atom is -0.497 e. The van der Waals surface area contributed by atoms with Gasteiger partial charge in [-0.1, -0.05) is 23.9 Å².